The van der Waals surface area contributed by atoms with Gasteiger partial charge in [0.2, 0.25) is 5.91 Å². The molecule has 0 saturated carbocycles. The third kappa shape index (κ3) is 3.25. The Hall–Kier alpha value is -2.38. The minimum absolute atomic E-state index is 0. The smallest absolute Gasteiger partial charge is 0.272 e. The summed E-state index contributed by atoms with van der Waals surface area (Å²) in [5.41, 5.74) is 4.41. The van der Waals surface area contributed by atoms with E-state index in [-0.39, 0.29) is 24.2 Å². The lowest BCUT2D eigenvalue weighted by atomic mass is 10.1. The van der Waals surface area contributed by atoms with Gasteiger partial charge in [0.05, 0.1) is 6.42 Å². The average molecular weight is 362 g/mol. The molecule has 1 aromatic carbocycles. The number of rotatable bonds is 4. The van der Waals surface area contributed by atoms with Crippen molar-refractivity contribution >= 4 is 29.9 Å². The van der Waals surface area contributed by atoms with E-state index in [1.54, 1.807) is 4.90 Å². The average Bonchev–Trinajstić information content (AvgIpc) is 3.16. The van der Waals surface area contributed by atoms with Crippen molar-refractivity contribution in [2.24, 2.45) is 0 Å². The first-order valence-electron chi connectivity index (χ1n) is 8.17. The molecule has 0 atom stereocenters. The lowest BCUT2D eigenvalue weighted by molar-refractivity contribution is -0.117. The fraction of sp³-hybridized carbons (Fsp3) is 0.353. The van der Waals surface area contributed by atoms with Crippen molar-refractivity contribution in [3.8, 4) is 0 Å². The number of amides is 2. The summed E-state index contributed by atoms with van der Waals surface area (Å²) in [4.78, 5) is 26.2. The number of benzene rings is 1. The summed E-state index contributed by atoms with van der Waals surface area (Å²) >= 11 is 0. The van der Waals surface area contributed by atoms with E-state index < -0.39 is 0 Å². The van der Waals surface area contributed by atoms with Crippen LogP contribution in [0.3, 0.4) is 0 Å². The molecule has 0 unspecified atom stereocenters. The van der Waals surface area contributed by atoms with E-state index in [1.807, 2.05) is 24.3 Å². The number of aromatic nitrogens is 2. The first-order chi connectivity index (χ1) is 11.7. The van der Waals surface area contributed by atoms with Gasteiger partial charge in [-0.15, -0.1) is 12.4 Å². The largest absolute Gasteiger partial charge is 0.349 e. The van der Waals surface area contributed by atoms with Gasteiger partial charge in [0.25, 0.3) is 5.91 Å². The normalized spacial score (nSPS) is 15.4. The van der Waals surface area contributed by atoms with Gasteiger partial charge in [0.15, 0.2) is 5.69 Å². The Bertz CT molecular complexity index is 804. The number of nitrogens with zero attached hydrogens (tertiary/aromatic N) is 2. The molecule has 0 bridgehead atoms. The Morgan fingerprint density at radius 2 is 2.16 bits per heavy atom. The summed E-state index contributed by atoms with van der Waals surface area (Å²) in [5, 5.41) is 13.2. The number of hydrogen-bond acceptors (Lipinski definition) is 4. The van der Waals surface area contributed by atoms with Crippen LogP contribution in [0, 0.1) is 0 Å². The highest BCUT2D eigenvalue weighted by molar-refractivity contribution is 6.01. The zero-order valence-electron chi connectivity index (χ0n) is 13.7. The molecule has 0 radical (unpaired) electrons. The molecule has 3 N–H and O–H groups in total. The molecule has 2 aliphatic heterocycles. The van der Waals surface area contributed by atoms with Crippen molar-refractivity contribution in [1.82, 2.24) is 20.8 Å². The molecule has 2 aromatic rings. The van der Waals surface area contributed by atoms with Crippen molar-refractivity contribution in [1.29, 1.82) is 0 Å². The number of H-pyrrole nitrogens is 1. The van der Waals surface area contributed by atoms with Crippen LogP contribution in [0.5, 0.6) is 0 Å². The highest BCUT2D eigenvalue weighted by Gasteiger charge is 2.27. The van der Waals surface area contributed by atoms with Crippen LogP contribution in [0.2, 0.25) is 0 Å². The minimum atomic E-state index is -0.198. The molecular weight excluding hydrogens is 342 g/mol. The first-order valence-corrected chi connectivity index (χ1v) is 8.17. The first kappa shape index (κ1) is 17.4. The van der Waals surface area contributed by atoms with Crippen LogP contribution in [0.25, 0.3) is 0 Å². The molecular formula is C17H20ClN5O2. The highest BCUT2D eigenvalue weighted by atomic mass is 35.5. The van der Waals surface area contributed by atoms with Gasteiger partial charge in [-0.2, -0.15) is 5.10 Å². The molecule has 0 fully saturated rings. The van der Waals surface area contributed by atoms with Crippen molar-refractivity contribution in [3.05, 3.63) is 46.8 Å². The number of carbonyl (C=O) groups excluding carboxylic acids is 2. The molecule has 2 amide bonds. The lowest BCUT2D eigenvalue weighted by Gasteiger charge is -2.18. The maximum Gasteiger partial charge on any atom is 0.272 e. The van der Waals surface area contributed by atoms with Crippen LogP contribution in [0.15, 0.2) is 24.3 Å². The monoisotopic (exact) mass is 361 g/mol. The van der Waals surface area contributed by atoms with Gasteiger partial charge in [-0.1, -0.05) is 18.2 Å². The zero-order valence-corrected chi connectivity index (χ0v) is 14.5. The Kier molecular flexibility index (Phi) is 5.06. The van der Waals surface area contributed by atoms with E-state index in [4.69, 9.17) is 0 Å². The maximum absolute atomic E-state index is 12.4. The van der Waals surface area contributed by atoms with Crippen molar-refractivity contribution in [2.75, 3.05) is 24.5 Å². The number of anilines is 1. The lowest BCUT2D eigenvalue weighted by Crippen LogP contribution is -2.37. The van der Waals surface area contributed by atoms with Crippen molar-refractivity contribution in [3.63, 3.8) is 0 Å². The predicted octanol–water partition coefficient (Wildman–Crippen LogP) is 0.796. The molecule has 0 aliphatic carbocycles. The van der Waals surface area contributed by atoms with Gasteiger partial charge in [-0.3, -0.25) is 14.7 Å². The van der Waals surface area contributed by atoms with Gasteiger partial charge in [0.1, 0.15) is 0 Å². The molecule has 132 valence electrons. The van der Waals surface area contributed by atoms with Gasteiger partial charge in [0, 0.05) is 49.5 Å². The Balaban J connectivity index is 0.00000182. The number of para-hydroxylation sites is 1. The summed E-state index contributed by atoms with van der Waals surface area (Å²) in [6.45, 7) is 2.42. The van der Waals surface area contributed by atoms with Gasteiger partial charge in [-0.05, 0) is 11.6 Å². The third-order valence-electron chi connectivity index (χ3n) is 4.57. The van der Waals surface area contributed by atoms with Crippen LogP contribution in [-0.4, -0.2) is 41.6 Å². The van der Waals surface area contributed by atoms with E-state index in [1.165, 1.54) is 0 Å². The topological polar surface area (TPSA) is 90.1 Å². The number of halogens is 1. The van der Waals surface area contributed by atoms with Crippen LogP contribution in [0.1, 0.15) is 27.3 Å². The molecule has 1 aromatic heterocycles. The predicted molar refractivity (Wildman–Crippen MR) is 96.1 cm³/mol. The summed E-state index contributed by atoms with van der Waals surface area (Å²) < 4.78 is 0. The standard InChI is InChI=1S/C17H19N5O2.ClH/c23-15-9-11-3-1-2-4-14(11)22(15)8-7-19-17(24)16-12-10-18-6-5-13(12)20-21-16;/h1-4,18H,5-10H2,(H,19,24)(H,20,21);1H. The highest BCUT2D eigenvalue weighted by Crippen LogP contribution is 2.27. The fourth-order valence-electron chi connectivity index (χ4n) is 3.34. The Morgan fingerprint density at radius 1 is 1.32 bits per heavy atom. The number of aromatic amines is 1. The molecule has 0 spiro atoms. The molecule has 8 heteroatoms. The maximum atomic E-state index is 12.4. The van der Waals surface area contributed by atoms with E-state index in [2.05, 4.69) is 20.8 Å². The Labute approximate surface area is 151 Å². The molecule has 2 aliphatic rings. The summed E-state index contributed by atoms with van der Waals surface area (Å²) in [6.07, 6.45) is 1.29. The molecule has 25 heavy (non-hydrogen) atoms. The Morgan fingerprint density at radius 3 is 3.04 bits per heavy atom. The van der Waals surface area contributed by atoms with Gasteiger partial charge < -0.3 is 15.5 Å². The second kappa shape index (κ2) is 7.25. The van der Waals surface area contributed by atoms with E-state index >= 15 is 0 Å². The summed E-state index contributed by atoms with van der Waals surface area (Å²) in [6, 6.07) is 7.77. The van der Waals surface area contributed by atoms with Crippen LogP contribution in [0.4, 0.5) is 5.69 Å². The van der Waals surface area contributed by atoms with Crippen LogP contribution < -0.4 is 15.5 Å². The van der Waals surface area contributed by atoms with Crippen LogP contribution in [-0.2, 0) is 24.2 Å². The second-order valence-corrected chi connectivity index (χ2v) is 6.06. The van der Waals surface area contributed by atoms with E-state index in [9.17, 15) is 9.59 Å². The van der Waals surface area contributed by atoms with E-state index in [0.717, 1.165) is 35.5 Å². The van der Waals surface area contributed by atoms with Crippen molar-refractivity contribution < 1.29 is 9.59 Å². The van der Waals surface area contributed by atoms with Crippen molar-refractivity contribution in [2.45, 2.75) is 19.4 Å². The van der Waals surface area contributed by atoms with Gasteiger partial charge >= 0.3 is 0 Å². The second-order valence-electron chi connectivity index (χ2n) is 6.06. The summed E-state index contributed by atoms with van der Waals surface area (Å²) in [7, 11) is 0. The number of fused-ring (bicyclic) bond motifs is 2. The number of hydrogen-bond donors (Lipinski definition) is 3. The quantitative estimate of drug-likeness (QED) is 0.751. The van der Waals surface area contributed by atoms with E-state index in [0.29, 0.717) is 31.7 Å². The number of nitrogens with one attached hydrogen (secondary N) is 3. The zero-order chi connectivity index (χ0) is 16.5. The fourth-order valence-corrected chi connectivity index (χ4v) is 3.34. The SMILES string of the molecule is Cl.O=C(NCCN1C(=O)Cc2ccccc21)c1n[nH]c2c1CNCC2. The minimum Gasteiger partial charge on any atom is -0.349 e. The summed E-state index contributed by atoms with van der Waals surface area (Å²) in [5.74, 6) is -0.122. The van der Waals surface area contributed by atoms with Gasteiger partial charge in [-0.25, -0.2) is 0 Å². The third-order valence-corrected chi connectivity index (χ3v) is 4.57. The molecule has 3 heterocycles. The molecule has 7 nitrogen and oxygen atoms in total. The molecule has 0 saturated heterocycles. The number of carbonyl (C=O) groups is 2. The molecule has 4 rings (SSSR count). The van der Waals surface area contributed by atoms with Crippen LogP contribution >= 0.6 is 12.4 Å².